The molecule has 2 aromatic carbocycles. The van der Waals surface area contributed by atoms with Gasteiger partial charge in [0.15, 0.2) is 0 Å². The lowest BCUT2D eigenvalue weighted by atomic mass is 10.1. The molecule has 32 heavy (non-hydrogen) atoms. The summed E-state index contributed by atoms with van der Waals surface area (Å²) in [4.78, 5) is 15.3. The molecule has 174 valence electrons. The van der Waals surface area contributed by atoms with Gasteiger partial charge < -0.3 is 9.64 Å². The fraction of sp³-hybridized carbons (Fsp3) is 0.480. The minimum Gasteiger partial charge on any atom is -0.383 e. The molecule has 0 radical (unpaired) electrons. The van der Waals surface area contributed by atoms with E-state index < -0.39 is 10.0 Å². The van der Waals surface area contributed by atoms with Gasteiger partial charge in [-0.15, -0.1) is 0 Å². The number of sulfonamides is 1. The summed E-state index contributed by atoms with van der Waals surface area (Å²) in [5, 5.41) is 0. The maximum Gasteiger partial charge on any atom is 0.253 e. The van der Waals surface area contributed by atoms with Crippen molar-refractivity contribution in [3.63, 3.8) is 0 Å². The van der Waals surface area contributed by atoms with E-state index in [1.807, 2.05) is 18.2 Å². The number of aryl methyl sites for hydroxylation is 2. The van der Waals surface area contributed by atoms with E-state index in [2.05, 4.69) is 12.1 Å². The second-order valence-electron chi connectivity index (χ2n) is 8.32. The van der Waals surface area contributed by atoms with Crippen LogP contribution < -0.4 is 0 Å². The molecule has 0 aliphatic carbocycles. The molecule has 6 nitrogen and oxygen atoms in total. The quantitative estimate of drug-likeness (QED) is 0.542. The van der Waals surface area contributed by atoms with Crippen LogP contribution in [0.3, 0.4) is 0 Å². The lowest BCUT2D eigenvalue weighted by molar-refractivity contribution is 0.0693. The average molecular weight is 459 g/mol. The standard InChI is InChI=1S/C25H34N2O4S/c1-21-13-14-23(20-24(21)32(29,30)27-16-7-4-8-17-27)25(28)26(18-19-31-2)15-9-12-22-10-5-3-6-11-22/h3,5-6,10-11,13-14,20H,4,7-9,12,15-19H2,1-2H3. The zero-order chi connectivity index (χ0) is 23.0. The number of carbonyl (C=O) groups is 1. The number of benzene rings is 2. The number of methoxy groups -OCH3 is 1. The highest BCUT2D eigenvalue weighted by molar-refractivity contribution is 7.89. The minimum absolute atomic E-state index is 0.162. The number of amides is 1. The Labute approximate surface area is 192 Å². The molecule has 1 aliphatic heterocycles. The predicted octanol–water partition coefficient (Wildman–Crippen LogP) is 3.89. The van der Waals surface area contributed by atoms with Crippen LogP contribution in [-0.2, 0) is 21.2 Å². The number of hydrogen-bond donors (Lipinski definition) is 0. The molecule has 0 atom stereocenters. The monoisotopic (exact) mass is 458 g/mol. The van der Waals surface area contributed by atoms with Gasteiger partial charge >= 0.3 is 0 Å². The fourth-order valence-electron chi connectivity index (χ4n) is 4.07. The van der Waals surface area contributed by atoms with Crippen molar-refractivity contribution in [2.24, 2.45) is 0 Å². The van der Waals surface area contributed by atoms with Gasteiger partial charge in [0.05, 0.1) is 11.5 Å². The second kappa shape index (κ2) is 11.6. The van der Waals surface area contributed by atoms with Crippen LogP contribution in [0.5, 0.6) is 0 Å². The van der Waals surface area contributed by atoms with Gasteiger partial charge in [-0.25, -0.2) is 8.42 Å². The van der Waals surface area contributed by atoms with Gasteiger partial charge in [0.25, 0.3) is 5.91 Å². The Bertz CT molecular complexity index is 986. The van der Waals surface area contributed by atoms with Crippen LogP contribution in [0.4, 0.5) is 0 Å². The molecule has 0 bridgehead atoms. The van der Waals surface area contributed by atoms with E-state index in [0.29, 0.717) is 43.9 Å². The molecule has 7 heteroatoms. The van der Waals surface area contributed by atoms with E-state index in [-0.39, 0.29) is 10.8 Å². The minimum atomic E-state index is -3.61. The third-order valence-electron chi connectivity index (χ3n) is 5.96. The molecule has 1 fully saturated rings. The van der Waals surface area contributed by atoms with E-state index in [1.165, 1.54) is 5.56 Å². The smallest absolute Gasteiger partial charge is 0.253 e. The molecule has 1 saturated heterocycles. The van der Waals surface area contributed by atoms with Crippen molar-refractivity contribution in [2.45, 2.75) is 43.9 Å². The number of nitrogens with zero attached hydrogens (tertiary/aromatic N) is 2. The topological polar surface area (TPSA) is 66.9 Å². The first-order valence-corrected chi connectivity index (χ1v) is 12.8. The summed E-state index contributed by atoms with van der Waals surface area (Å²) in [6, 6.07) is 15.2. The van der Waals surface area contributed by atoms with Crippen molar-refractivity contribution in [1.29, 1.82) is 0 Å². The van der Waals surface area contributed by atoms with Crippen LogP contribution in [0.2, 0.25) is 0 Å². The van der Waals surface area contributed by atoms with Crippen LogP contribution in [-0.4, -0.2) is 63.4 Å². The Morgan fingerprint density at radius 1 is 1.03 bits per heavy atom. The molecule has 0 saturated carbocycles. The maximum atomic E-state index is 13.3. The highest BCUT2D eigenvalue weighted by Gasteiger charge is 2.28. The molecular formula is C25H34N2O4S. The van der Waals surface area contributed by atoms with E-state index in [0.717, 1.165) is 32.1 Å². The Morgan fingerprint density at radius 3 is 2.44 bits per heavy atom. The zero-order valence-corrected chi connectivity index (χ0v) is 19.9. The number of ether oxygens (including phenoxy) is 1. The molecule has 2 aromatic rings. The van der Waals surface area contributed by atoms with Gasteiger partial charge in [-0.05, 0) is 55.9 Å². The number of carbonyl (C=O) groups excluding carboxylic acids is 1. The summed E-state index contributed by atoms with van der Waals surface area (Å²) in [7, 11) is -1.99. The zero-order valence-electron chi connectivity index (χ0n) is 19.1. The highest BCUT2D eigenvalue weighted by atomic mass is 32.2. The molecule has 0 spiro atoms. The van der Waals surface area contributed by atoms with Gasteiger partial charge in [0, 0.05) is 38.9 Å². The Morgan fingerprint density at radius 2 is 1.75 bits per heavy atom. The molecular weight excluding hydrogens is 424 g/mol. The highest BCUT2D eigenvalue weighted by Crippen LogP contribution is 2.25. The van der Waals surface area contributed by atoms with Crippen LogP contribution in [0, 0.1) is 6.92 Å². The van der Waals surface area contributed by atoms with Crippen LogP contribution in [0.15, 0.2) is 53.4 Å². The van der Waals surface area contributed by atoms with Crippen molar-refractivity contribution < 1.29 is 17.9 Å². The largest absolute Gasteiger partial charge is 0.383 e. The summed E-state index contributed by atoms with van der Waals surface area (Å²) < 4.78 is 33.2. The fourth-order valence-corrected chi connectivity index (χ4v) is 5.84. The summed E-state index contributed by atoms with van der Waals surface area (Å²) in [5.74, 6) is -0.162. The van der Waals surface area contributed by atoms with E-state index in [9.17, 15) is 13.2 Å². The van der Waals surface area contributed by atoms with Crippen molar-refractivity contribution >= 4 is 15.9 Å². The molecule has 1 aliphatic rings. The second-order valence-corrected chi connectivity index (χ2v) is 10.2. The average Bonchev–Trinajstić information content (AvgIpc) is 2.82. The normalized spacial score (nSPS) is 14.9. The third-order valence-corrected chi connectivity index (χ3v) is 8.00. The van der Waals surface area contributed by atoms with Gasteiger partial charge in [0.2, 0.25) is 10.0 Å². The number of hydrogen-bond acceptors (Lipinski definition) is 4. The first kappa shape index (κ1) is 24.4. The van der Waals surface area contributed by atoms with Crippen molar-refractivity contribution in [1.82, 2.24) is 9.21 Å². The third kappa shape index (κ3) is 6.18. The molecule has 1 heterocycles. The van der Waals surface area contributed by atoms with Gasteiger partial charge in [-0.1, -0.05) is 42.8 Å². The van der Waals surface area contributed by atoms with Gasteiger partial charge in [-0.3, -0.25) is 4.79 Å². The molecule has 0 N–H and O–H groups in total. The van der Waals surface area contributed by atoms with Gasteiger partial charge in [0.1, 0.15) is 0 Å². The Balaban J connectivity index is 1.77. The predicted molar refractivity (Wildman–Crippen MR) is 126 cm³/mol. The Kier molecular flexibility index (Phi) is 8.84. The lowest BCUT2D eigenvalue weighted by Crippen LogP contribution is -2.37. The molecule has 0 aromatic heterocycles. The summed E-state index contributed by atoms with van der Waals surface area (Å²) in [5.41, 5.74) is 2.30. The van der Waals surface area contributed by atoms with Gasteiger partial charge in [-0.2, -0.15) is 4.31 Å². The first-order chi connectivity index (χ1) is 15.4. The van der Waals surface area contributed by atoms with E-state index >= 15 is 0 Å². The maximum absolute atomic E-state index is 13.3. The molecule has 3 rings (SSSR count). The summed E-state index contributed by atoms with van der Waals surface area (Å²) >= 11 is 0. The van der Waals surface area contributed by atoms with Crippen molar-refractivity contribution in [2.75, 3.05) is 39.9 Å². The summed E-state index contributed by atoms with van der Waals surface area (Å²) in [6.07, 6.45) is 4.51. The van der Waals surface area contributed by atoms with E-state index in [1.54, 1.807) is 41.4 Å². The number of piperidine rings is 1. The van der Waals surface area contributed by atoms with Crippen LogP contribution in [0.1, 0.15) is 47.2 Å². The molecule has 1 amide bonds. The first-order valence-electron chi connectivity index (χ1n) is 11.4. The SMILES string of the molecule is COCCN(CCCc1ccccc1)C(=O)c1ccc(C)c(S(=O)(=O)N2CCCCC2)c1. The molecule has 0 unspecified atom stereocenters. The van der Waals surface area contributed by atoms with Crippen molar-refractivity contribution in [3.8, 4) is 0 Å². The Hall–Kier alpha value is -2.22. The number of rotatable bonds is 10. The van der Waals surface area contributed by atoms with Crippen molar-refractivity contribution in [3.05, 3.63) is 65.2 Å². The lowest BCUT2D eigenvalue weighted by Gasteiger charge is -2.27. The van der Waals surface area contributed by atoms with Crippen LogP contribution >= 0.6 is 0 Å². The van der Waals surface area contributed by atoms with Crippen LogP contribution in [0.25, 0.3) is 0 Å². The summed E-state index contributed by atoms with van der Waals surface area (Å²) in [6.45, 7) is 4.35. The van der Waals surface area contributed by atoms with E-state index in [4.69, 9.17) is 4.74 Å².